The van der Waals surface area contributed by atoms with E-state index in [1.54, 1.807) is 37.4 Å². The zero-order chi connectivity index (χ0) is 27.4. The maximum Gasteiger partial charge on any atom is 0.271 e. The van der Waals surface area contributed by atoms with E-state index in [-0.39, 0.29) is 16.2 Å². The van der Waals surface area contributed by atoms with Crippen molar-refractivity contribution in [2.24, 2.45) is 5.10 Å². The molecule has 0 fully saturated rings. The normalized spacial score (nSPS) is 11.9. The van der Waals surface area contributed by atoms with E-state index in [9.17, 15) is 22.4 Å². The maximum absolute atomic E-state index is 13.4. The number of nitrogens with zero attached hydrogens (tertiary/aromatic N) is 3. The number of nitrogens with one attached hydrogen (secondary N) is 1. The highest BCUT2D eigenvalue weighted by Crippen LogP contribution is 2.24. The quantitative estimate of drug-likeness (QED) is 0.195. The van der Waals surface area contributed by atoms with Crippen LogP contribution in [0, 0.1) is 12.7 Å². The number of aromatic nitrogens is 1. The van der Waals surface area contributed by atoms with Crippen LogP contribution in [0.1, 0.15) is 51.4 Å². The first kappa shape index (κ1) is 26.9. The zero-order valence-electron chi connectivity index (χ0n) is 21.2. The maximum atomic E-state index is 13.4. The van der Waals surface area contributed by atoms with Crippen molar-refractivity contribution in [1.82, 2.24) is 14.1 Å². The van der Waals surface area contributed by atoms with Gasteiger partial charge in [-0.2, -0.15) is 9.41 Å². The summed E-state index contributed by atoms with van der Waals surface area (Å²) in [4.78, 5) is 26.1. The SMILES string of the molecule is CCN(CC)S(=O)(=O)c1cccc(C(=O)N/N=C\c2c(C)c(C(=O)c3ccc(F)cc3)n3ccccc23)c1. The lowest BCUT2D eigenvalue weighted by Crippen LogP contribution is -2.30. The minimum Gasteiger partial charge on any atom is -0.313 e. The molecule has 10 heteroatoms. The molecule has 2 aromatic carbocycles. The number of carbonyl (C=O) groups excluding carboxylic acids is 2. The molecule has 2 heterocycles. The fourth-order valence-electron chi connectivity index (χ4n) is 4.27. The molecular weight excluding hydrogens is 507 g/mol. The number of ketones is 1. The molecule has 0 aliphatic rings. The van der Waals surface area contributed by atoms with Crippen LogP contribution in [0.3, 0.4) is 0 Å². The zero-order valence-corrected chi connectivity index (χ0v) is 22.0. The van der Waals surface area contributed by atoms with Gasteiger partial charge in [0.15, 0.2) is 0 Å². The number of sulfonamides is 1. The van der Waals surface area contributed by atoms with Crippen molar-refractivity contribution < 1.29 is 22.4 Å². The van der Waals surface area contributed by atoms with Crippen LogP contribution in [0.2, 0.25) is 0 Å². The Bertz CT molecular complexity index is 1640. The van der Waals surface area contributed by atoms with Crippen LogP contribution in [0.5, 0.6) is 0 Å². The molecule has 2 aromatic heterocycles. The van der Waals surface area contributed by atoms with Crippen LogP contribution in [-0.2, 0) is 10.0 Å². The number of rotatable bonds is 9. The van der Waals surface area contributed by atoms with Crippen LogP contribution in [0.25, 0.3) is 5.52 Å². The molecule has 1 N–H and O–H groups in total. The van der Waals surface area contributed by atoms with Crippen LogP contribution in [0.15, 0.2) is 82.9 Å². The molecule has 0 saturated carbocycles. The Morgan fingerprint density at radius 1 is 1.00 bits per heavy atom. The van der Waals surface area contributed by atoms with E-state index in [4.69, 9.17) is 0 Å². The molecule has 4 aromatic rings. The predicted octanol–water partition coefficient (Wildman–Crippen LogP) is 4.41. The summed E-state index contributed by atoms with van der Waals surface area (Å²) in [7, 11) is -3.72. The van der Waals surface area contributed by atoms with E-state index in [2.05, 4.69) is 10.5 Å². The number of hydrogen-bond donors (Lipinski definition) is 1. The lowest BCUT2D eigenvalue weighted by atomic mass is 10.0. The third-order valence-electron chi connectivity index (χ3n) is 6.26. The van der Waals surface area contributed by atoms with Gasteiger partial charge in [0, 0.05) is 36.0 Å². The van der Waals surface area contributed by atoms with Gasteiger partial charge in [-0.15, -0.1) is 0 Å². The molecule has 1 amide bonds. The number of carbonyl (C=O) groups is 2. The molecule has 0 bridgehead atoms. The largest absolute Gasteiger partial charge is 0.313 e. The second-order valence-corrected chi connectivity index (χ2v) is 10.4. The summed E-state index contributed by atoms with van der Waals surface area (Å²) >= 11 is 0. The molecule has 0 atom stereocenters. The fraction of sp³-hybridized carbons (Fsp3) is 0.179. The standard InChI is InChI=1S/C28H27FN4O4S/c1-4-32(5-2)38(36,37)23-10-8-9-21(17-23)28(35)31-30-18-24-19(3)26(33-16-7-6-11-25(24)33)27(34)20-12-14-22(29)15-13-20/h6-18H,4-5H2,1-3H3,(H,31,35)/b30-18-. The number of pyridine rings is 1. The van der Waals surface area contributed by atoms with E-state index >= 15 is 0 Å². The van der Waals surface area contributed by atoms with Gasteiger partial charge < -0.3 is 4.40 Å². The highest BCUT2D eigenvalue weighted by atomic mass is 32.2. The number of amides is 1. The number of hydrazone groups is 1. The van der Waals surface area contributed by atoms with E-state index in [0.29, 0.717) is 41.0 Å². The Morgan fingerprint density at radius 2 is 1.71 bits per heavy atom. The number of hydrogen-bond acceptors (Lipinski definition) is 5. The lowest BCUT2D eigenvalue weighted by molar-refractivity contribution is 0.0954. The fourth-order valence-corrected chi connectivity index (χ4v) is 5.77. The van der Waals surface area contributed by atoms with Crippen molar-refractivity contribution in [1.29, 1.82) is 0 Å². The summed E-state index contributed by atoms with van der Waals surface area (Å²) in [6.45, 7) is 5.90. The smallest absolute Gasteiger partial charge is 0.271 e. The molecule has 38 heavy (non-hydrogen) atoms. The lowest BCUT2D eigenvalue weighted by Gasteiger charge is -2.18. The molecule has 0 unspecified atom stereocenters. The van der Waals surface area contributed by atoms with Gasteiger partial charge in [0.05, 0.1) is 22.3 Å². The van der Waals surface area contributed by atoms with Crippen molar-refractivity contribution >= 4 is 33.4 Å². The summed E-state index contributed by atoms with van der Waals surface area (Å²) in [5.41, 5.74) is 5.27. The van der Waals surface area contributed by atoms with Gasteiger partial charge in [-0.3, -0.25) is 9.59 Å². The van der Waals surface area contributed by atoms with E-state index in [0.717, 1.165) is 0 Å². The van der Waals surface area contributed by atoms with Gasteiger partial charge >= 0.3 is 0 Å². The van der Waals surface area contributed by atoms with Gasteiger partial charge in [-0.1, -0.05) is 26.0 Å². The van der Waals surface area contributed by atoms with E-state index < -0.39 is 21.7 Å². The average molecular weight is 535 g/mol. The molecule has 0 radical (unpaired) electrons. The van der Waals surface area contributed by atoms with Crippen LogP contribution < -0.4 is 5.43 Å². The highest BCUT2D eigenvalue weighted by Gasteiger charge is 2.23. The van der Waals surface area contributed by atoms with Crippen molar-refractivity contribution in [2.75, 3.05) is 13.1 Å². The summed E-state index contributed by atoms with van der Waals surface area (Å²) in [5, 5.41) is 4.09. The summed E-state index contributed by atoms with van der Waals surface area (Å²) in [6.07, 6.45) is 3.19. The third kappa shape index (κ3) is 5.13. The molecular formula is C28H27FN4O4S. The first-order valence-corrected chi connectivity index (χ1v) is 13.5. The first-order chi connectivity index (χ1) is 18.2. The van der Waals surface area contributed by atoms with Gasteiger partial charge in [0.1, 0.15) is 5.82 Å². The molecule has 0 aliphatic carbocycles. The van der Waals surface area contributed by atoms with Crippen LogP contribution >= 0.6 is 0 Å². The Hall–Kier alpha value is -4.15. The summed E-state index contributed by atoms with van der Waals surface area (Å²) in [6, 6.07) is 16.5. The second kappa shape index (κ2) is 11.1. The minimum atomic E-state index is -3.72. The topological polar surface area (TPSA) is 100 Å². The molecule has 4 rings (SSSR count). The predicted molar refractivity (Wildman–Crippen MR) is 144 cm³/mol. The Balaban J connectivity index is 1.61. The van der Waals surface area contributed by atoms with Gasteiger partial charge in [0.2, 0.25) is 15.8 Å². The molecule has 196 valence electrons. The van der Waals surface area contributed by atoms with Gasteiger partial charge in [-0.25, -0.2) is 18.2 Å². The van der Waals surface area contributed by atoms with Gasteiger partial charge in [0.25, 0.3) is 5.91 Å². The molecule has 0 saturated heterocycles. The second-order valence-electron chi connectivity index (χ2n) is 8.50. The van der Waals surface area contributed by atoms with Crippen molar-refractivity contribution in [3.63, 3.8) is 0 Å². The molecule has 8 nitrogen and oxygen atoms in total. The Morgan fingerprint density at radius 3 is 2.39 bits per heavy atom. The van der Waals surface area contributed by atoms with E-state index in [1.807, 2.05) is 12.1 Å². The summed E-state index contributed by atoms with van der Waals surface area (Å²) in [5.74, 6) is -1.29. The number of benzene rings is 2. The summed E-state index contributed by atoms with van der Waals surface area (Å²) < 4.78 is 42.1. The average Bonchev–Trinajstić information content (AvgIpc) is 3.20. The van der Waals surface area contributed by atoms with Crippen LogP contribution in [-0.4, -0.2) is 48.1 Å². The Labute approximate surface area is 220 Å². The molecule has 0 aliphatic heterocycles. The van der Waals surface area contributed by atoms with Crippen molar-refractivity contribution in [2.45, 2.75) is 25.7 Å². The Kier molecular flexibility index (Phi) is 7.84. The monoisotopic (exact) mass is 534 g/mol. The number of fused-ring (bicyclic) bond motifs is 1. The van der Waals surface area contributed by atoms with Crippen molar-refractivity contribution in [3.8, 4) is 0 Å². The number of halogens is 1. The van der Waals surface area contributed by atoms with E-state index in [1.165, 1.54) is 59.1 Å². The first-order valence-electron chi connectivity index (χ1n) is 12.0. The van der Waals surface area contributed by atoms with Crippen LogP contribution in [0.4, 0.5) is 4.39 Å². The molecule has 0 spiro atoms. The highest BCUT2D eigenvalue weighted by molar-refractivity contribution is 7.89. The van der Waals surface area contributed by atoms with Gasteiger partial charge in [-0.05, 0) is 67.1 Å². The third-order valence-corrected chi connectivity index (χ3v) is 8.30. The van der Waals surface area contributed by atoms with Crippen molar-refractivity contribution in [3.05, 3.63) is 107 Å². The minimum absolute atomic E-state index is 0.0241.